The molecule has 0 bridgehead atoms. The van der Waals surface area contributed by atoms with E-state index in [-0.39, 0.29) is 6.47 Å². The lowest BCUT2D eigenvalue weighted by Gasteiger charge is -2.08. The van der Waals surface area contributed by atoms with Gasteiger partial charge in [-0.05, 0) is 25.0 Å². The Balaban J connectivity index is 0. The molecule has 1 unspecified atom stereocenters. The second kappa shape index (κ2) is 19.9. The zero-order valence-electron chi connectivity index (χ0n) is 16.2. The van der Waals surface area contributed by atoms with E-state index in [1.165, 1.54) is 25.7 Å². The minimum atomic E-state index is -0.940. The Hall–Kier alpha value is -2.41. The molecule has 0 aliphatic heterocycles. The maximum absolute atomic E-state index is 11.0. The zero-order chi connectivity index (χ0) is 20.9. The number of aliphatic hydroxyl groups excluding tert-OH is 1. The summed E-state index contributed by atoms with van der Waals surface area (Å²) in [5.41, 5.74) is 0.331. The Morgan fingerprint density at radius 1 is 1.04 bits per heavy atom. The molecular weight excluding hydrogens is 352 g/mol. The summed E-state index contributed by atoms with van der Waals surface area (Å²) in [5, 5.41) is 24.4. The molecule has 0 amide bonds. The van der Waals surface area contributed by atoms with Crippen LogP contribution < -0.4 is 0 Å². The average molecular weight is 384 g/mol. The number of rotatable bonds is 10. The first-order valence-electron chi connectivity index (χ1n) is 9.15. The lowest BCUT2D eigenvalue weighted by molar-refractivity contribution is -0.153. The van der Waals surface area contributed by atoms with Gasteiger partial charge in [0, 0.05) is 0 Å². The van der Waals surface area contributed by atoms with E-state index in [2.05, 4.69) is 6.92 Å². The summed E-state index contributed by atoms with van der Waals surface area (Å²) in [6.07, 6.45) is 6.51. The number of hydrogen-bond donors (Lipinski definition) is 3. The van der Waals surface area contributed by atoms with Crippen molar-refractivity contribution in [1.29, 1.82) is 0 Å². The second-order valence-electron chi connectivity index (χ2n) is 5.64. The van der Waals surface area contributed by atoms with E-state index in [9.17, 15) is 9.59 Å². The van der Waals surface area contributed by atoms with E-state index in [1.54, 1.807) is 37.3 Å². The van der Waals surface area contributed by atoms with Gasteiger partial charge in [-0.15, -0.1) is 0 Å². The first kappa shape index (κ1) is 26.8. The van der Waals surface area contributed by atoms with Gasteiger partial charge in [0.15, 0.2) is 6.10 Å². The van der Waals surface area contributed by atoms with Crippen molar-refractivity contribution in [3.8, 4) is 0 Å². The molecule has 0 aromatic heterocycles. The maximum Gasteiger partial charge on any atom is 0.335 e. The smallest absolute Gasteiger partial charge is 0.335 e. The predicted molar refractivity (Wildman–Crippen MR) is 103 cm³/mol. The second-order valence-corrected chi connectivity index (χ2v) is 5.64. The molecule has 0 spiro atoms. The van der Waals surface area contributed by atoms with Crippen molar-refractivity contribution in [1.82, 2.24) is 0 Å². The lowest BCUT2D eigenvalue weighted by Crippen LogP contribution is -2.22. The first-order chi connectivity index (χ1) is 12.9. The van der Waals surface area contributed by atoms with Crippen LogP contribution in [0.5, 0.6) is 0 Å². The molecule has 7 heteroatoms. The minimum Gasteiger partial charge on any atom is -0.483 e. The Bertz CT molecular complexity index is 488. The highest BCUT2D eigenvalue weighted by atomic mass is 16.5. The number of carbonyl (C=O) groups excluding carboxylic acids is 1. The number of esters is 1. The van der Waals surface area contributed by atoms with Crippen LogP contribution in [0, 0.1) is 0 Å². The van der Waals surface area contributed by atoms with Gasteiger partial charge in [0.05, 0.1) is 12.2 Å². The van der Waals surface area contributed by atoms with E-state index in [0.717, 1.165) is 12.8 Å². The Labute approximate surface area is 161 Å². The number of hydrogen-bond acceptors (Lipinski definition) is 5. The molecule has 1 aromatic carbocycles. The molecule has 1 atom stereocenters. The summed E-state index contributed by atoms with van der Waals surface area (Å²) in [6, 6.07) is 8.30. The van der Waals surface area contributed by atoms with E-state index >= 15 is 0 Å². The van der Waals surface area contributed by atoms with Gasteiger partial charge in [0.2, 0.25) is 0 Å². The van der Waals surface area contributed by atoms with Crippen LogP contribution in [0.2, 0.25) is 0 Å². The molecule has 0 aliphatic carbocycles. The molecule has 1 aromatic rings. The van der Waals surface area contributed by atoms with E-state index in [0.29, 0.717) is 18.6 Å². The van der Waals surface area contributed by atoms with Gasteiger partial charge in [0.25, 0.3) is 6.47 Å². The van der Waals surface area contributed by atoms with Crippen molar-refractivity contribution >= 4 is 18.4 Å². The van der Waals surface area contributed by atoms with Crippen molar-refractivity contribution in [2.45, 2.75) is 64.9 Å². The molecule has 1 rings (SSSR count). The molecular formula is C20H32O7. The van der Waals surface area contributed by atoms with Crippen molar-refractivity contribution in [2.24, 2.45) is 0 Å². The van der Waals surface area contributed by atoms with E-state index in [4.69, 9.17) is 24.9 Å². The highest BCUT2D eigenvalue weighted by Crippen LogP contribution is 2.05. The molecule has 0 heterocycles. The molecule has 154 valence electrons. The minimum absolute atomic E-state index is 0.250. The first-order valence-corrected chi connectivity index (χ1v) is 9.15. The standard InChI is InChI=1S/C12H24O3.C7H6O2.CH2O2/c1-3-5-6-7-8-9-10-15-12(14)11(13)4-2;8-7(9)6-4-2-1-3-5-6;2-1-3/h11,13H,3-10H2,1-2H3;1-5H,(H,8,9);1H,(H,2,3). The summed E-state index contributed by atoms with van der Waals surface area (Å²) in [7, 11) is 0. The van der Waals surface area contributed by atoms with Gasteiger partial charge in [-0.1, -0.05) is 64.2 Å². The van der Waals surface area contributed by atoms with Crippen LogP contribution in [0.4, 0.5) is 0 Å². The Kier molecular flexibility index (Phi) is 19.8. The number of carbonyl (C=O) groups is 3. The third-order valence-corrected chi connectivity index (χ3v) is 3.42. The largest absolute Gasteiger partial charge is 0.483 e. The third-order valence-electron chi connectivity index (χ3n) is 3.42. The van der Waals surface area contributed by atoms with Gasteiger partial charge in [0.1, 0.15) is 0 Å². The lowest BCUT2D eigenvalue weighted by atomic mass is 10.1. The van der Waals surface area contributed by atoms with Crippen LogP contribution in [0.1, 0.15) is 69.2 Å². The number of unbranched alkanes of at least 4 members (excludes halogenated alkanes) is 5. The van der Waals surface area contributed by atoms with Gasteiger partial charge in [-0.25, -0.2) is 9.59 Å². The number of aliphatic hydroxyl groups is 1. The maximum atomic E-state index is 11.0. The summed E-state index contributed by atoms with van der Waals surface area (Å²) in [6.45, 7) is 4.15. The zero-order valence-corrected chi connectivity index (χ0v) is 16.2. The summed E-state index contributed by atoms with van der Waals surface area (Å²) >= 11 is 0. The fourth-order valence-electron chi connectivity index (χ4n) is 1.90. The molecule has 0 saturated carbocycles. The van der Waals surface area contributed by atoms with E-state index < -0.39 is 18.0 Å². The van der Waals surface area contributed by atoms with Crippen molar-refractivity contribution < 1.29 is 34.4 Å². The molecule has 0 aliphatic rings. The Morgan fingerprint density at radius 2 is 1.56 bits per heavy atom. The van der Waals surface area contributed by atoms with Crippen molar-refractivity contribution in [2.75, 3.05) is 6.61 Å². The molecule has 0 saturated heterocycles. The Morgan fingerprint density at radius 3 is 2.00 bits per heavy atom. The average Bonchev–Trinajstić information content (AvgIpc) is 2.68. The summed E-state index contributed by atoms with van der Waals surface area (Å²) in [5.74, 6) is -1.36. The van der Waals surface area contributed by atoms with Crippen LogP contribution in [0.25, 0.3) is 0 Å². The van der Waals surface area contributed by atoms with Crippen LogP contribution >= 0.6 is 0 Å². The quantitative estimate of drug-likeness (QED) is 0.319. The van der Waals surface area contributed by atoms with E-state index in [1.807, 2.05) is 0 Å². The molecule has 27 heavy (non-hydrogen) atoms. The van der Waals surface area contributed by atoms with Gasteiger partial charge < -0.3 is 20.1 Å². The SMILES string of the molecule is CCCCCCCCOC(=O)C(O)CC.O=C(O)c1ccccc1.O=CO. The number of aromatic carboxylic acids is 1. The molecule has 0 radical (unpaired) electrons. The van der Waals surface area contributed by atoms with Crippen LogP contribution in [-0.4, -0.2) is 46.4 Å². The highest BCUT2D eigenvalue weighted by Gasteiger charge is 2.12. The summed E-state index contributed by atoms with van der Waals surface area (Å²) < 4.78 is 4.91. The number of ether oxygens (including phenoxy) is 1. The van der Waals surface area contributed by atoms with Crippen LogP contribution in [0.15, 0.2) is 30.3 Å². The van der Waals surface area contributed by atoms with Crippen LogP contribution in [0.3, 0.4) is 0 Å². The van der Waals surface area contributed by atoms with Crippen molar-refractivity contribution in [3.63, 3.8) is 0 Å². The topological polar surface area (TPSA) is 121 Å². The predicted octanol–water partition coefficient (Wildman–Crippen LogP) is 3.75. The number of carboxylic acid groups (broad SMARTS) is 2. The molecule has 7 nitrogen and oxygen atoms in total. The highest BCUT2D eigenvalue weighted by molar-refractivity contribution is 5.87. The molecule has 3 N–H and O–H groups in total. The fourth-order valence-corrected chi connectivity index (χ4v) is 1.90. The third kappa shape index (κ3) is 18.2. The van der Waals surface area contributed by atoms with Gasteiger partial charge in [-0.2, -0.15) is 0 Å². The normalized spacial score (nSPS) is 10.3. The summed E-state index contributed by atoms with van der Waals surface area (Å²) in [4.78, 5) is 29.6. The van der Waals surface area contributed by atoms with Gasteiger partial charge >= 0.3 is 11.9 Å². The monoisotopic (exact) mass is 384 g/mol. The molecule has 0 fully saturated rings. The van der Waals surface area contributed by atoms with Crippen LogP contribution in [-0.2, 0) is 14.3 Å². The number of carboxylic acids is 1. The van der Waals surface area contributed by atoms with Gasteiger partial charge in [-0.3, -0.25) is 4.79 Å². The van der Waals surface area contributed by atoms with Crippen molar-refractivity contribution in [3.05, 3.63) is 35.9 Å². The fraction of sp³-hybridized carbons (Fsp3) is 0.550. The number of benzene rings is 1.